The summed E-state index contributed by atoms with van der Waals surface area (Å²) in [6.07, 6.45) is 2.09. The van der Waals surface area contributed by atoms with Gasteiger partial charge in [0, 0.05) is 12.1 Å². The van der Waals surface area contributed by atoms with E-state index in [1.165, 1.54) is 24.3 Å². The minimum atomic E-state index is -0.494. The van der Waals surface area contributed by atoms with E-state index < -0.39 is 11.6 Å². The maximum absolute atomic E-state index is 14.7. The fourth-order valence-corrected chi connectivity index (χ4v) is 4.37. The number of benzene rings is 3. The standard InChI is InChI=1S/C30H29F2N3O2/c1-20(2)28-25(19-34(18-21-15-16-21)29(36)22-9-8-10-23(31)17-22)30(37-27-14-7-6-13-26(27)32)35(33-28)24-11-4-3-5-12-24/h3-14,17,20-21H,15-16,18-19H2,1-2H3. The zero-order valence-corrected chi connectivity index (χ0v) is 20.9. The summed E-state index contributed by atoms with van der Waals surface area (Å²) < 4.78 is 36.5. The molecule has 5 nitrogen and oxygen atoms in total. The van der Waals surface area contributed by atoms with Gasteiger partial charge in [0.05, 0.1) is 23.5 Å². The maximum atomic E-state index is 14.7. The van der Waals surface area contributed by atoms with Crippen LogP contribution in [-0.4, -0.2) is 27.1 Å². The molecule has 0 N–H and O–H groups in total. The van der Waals surface area contributed by atoms with Crippen molar-refractivity contribution in [3.8, 4) is 17.3 Å². The van der Waals surface area contributed by atoms with Crippen LogP contribution in [0.2, 0.25) is 0 Å². The van der Waals surface area contributed by atoms with Crippen molar-refractivity contribution in [3.63, 3.8) is 0 Å². The van der Waals surface area contributed by atoms with Crippen LogP contribution in [0.25, 0.3) is 5.69 Å². The summed E-state index contributed by atoms with van der Waals surface area (Å²) in [4.78, 5) is 15.3. The summed E-state index contributed by atoms with van der Waals surface area (Å²) in [7, 11) is 0. The van der Waals surface area contributed by atoms with Crippen LogP contribution >= 0.6 is 0 Å². The quantitative estimate of drug-likeness (QED) is 0.245. The lowest BCUT2D eigenvalue weighted by molar-refractivity contribution is 0.0733. The molecular formula is C30H29F2N3O2. The highest BCUT2D eigenvalue weighted by molar-refractivity contribution is 5.94. The number of rotatable bonds is 9. The van der Waals surface area contributed by atoms with Gasteiger partial charge in [-0.05, 0) is 67.1 Å². The van der Waals surface area contributed by atoms with Crippen LogP contribution < -0.4 is 4.74 Å². The first kappa shape index (κ1) is 24.7. The molecule has 0 atom stereocenters. The Balaban J connectivity index is 1.61. The number of halogens is 2. The largest absolute Gasteiger partial charge is 0.435 e. The molecule has 0 aliphatic heterocycles. The summed E-state index contributed by atoms with van der Waals surface area (Å²) in [6, 6.07) is 21.5. The summed E-state index contributed by atoms with van der Waals surface area (Å²) in [6.45, 7) is 4.79. The topological polar surface area (TPSA) is 47.4 Å². The van der Waals surface area contributed by atoms with Crippen molar-refractivity contribution >= 4 is 5.91 Å². The first-order valence-corrected chi connectivity index (χ1v) is 12.5. The van der Waals surface area contributed by atoms with Crippen molar-refractivity contribution < 1.29 is 18.3 Å². The van der Waals surface area contributed by atoms with Gasteiger partial charge in [-0.3, -0.25) is 4.79 Å². The summed E-state index contributed by atoms with van der Waals surface area (Å²) in [5, 5.41) is 4.87. The van der Waals surface area contributed by atoms with Crippen molar-refractivity contribution in [2.24, 2.45) is 5.92 Å². The van der Waals surface area contributed by atoms with Gasteiger partial charge < -0.3 is 9.64 Å². The number of hydrogen-bond acceptors (Lipinski definition) is 3. The number of hydrogen-bond donors (Lipinski definition) is 0. The van der Waals surface area contributed by atoms with Crippen molar-refractivity contribution in [1.29, 1.82) is 0 Å². The van der Waals surface area contributed by atoms with E-state index in [1.807, 2.05) is 44.2 Å². The minimum absolute atomic E-state index is 0.00924. The average Bonchev–Trinajstić information content (AvgIpc) is 3.65. The number of carbonyl (C=O) groups excluding carboxylic acids is 1. The van der Waals surface area contributed by atoms with Crippen molar-refractivity contribution in [3.05, 3.63) is 107 Å². The summed E-state index contributed by atoms with van der Waals surface area (Å²) in [5.74, 6) is -0.374. The van der Waals surface area contributed by atoms with E-state index in [4.69, 9.17) is 9.84 Å². The first-order chi connectivity index (χ1) is 17.9. The van der Waals surface area contributed by atoms with Crippen molar-refractivity contribution in [1.82, 2.24) is 14.7 Å². The SMILES string of the molecule is CC(C)c1nn(-c2ccccc2)c(Oc2ccccc2F)c1CN(CC1CC1)C(=O)c1cccc(F)c1. The van der Waals surface area contributed by atoms with Gasteiger partial charge in [0.15, 0.2) is 11.6 Å². The number of amides is 1. The molecule has 1 saturated carbocycles. The van der Waals surface area contributed by atoms with Gasteiger partial charge in [0.1, 0.15) is 5.82 Å². The fraction of sp³-hybridized carbons (Fsp3) is 0.267. The molecule has 0 spiro atoms. The highest BCUT2D eigenvalue weighted by Crippen LogP contribution is 2.37. The molecule has 37 heavy (non-hydrogen) atoms. The van der Waals surface area contributed by atoms with E-state index in [0.717, 1.165) is 24.2 Å². The Labute approximate surface area is 215 Å². The average molecular weight is 502 g/mol. The number of carbonyl (C=O) groups is 1. The van der Waals surface area contributed by atoms with Crippen molar-refractivity contribution in [2.45, 2.75) is 39.2 Å². The van der Waals surface area contributed by atoms with E-state index in [2.05, 4.69) is 0 Å². The lowest BCUT2D eigenvalue weighted by atomic mass is 10.0. The molecule has 3 aromatic carbocycles. The Bertz CT molecular complexity index is 1400. The van der Waals surface area contributed by atoms with Gasteiger partial charge in [-0.25, -0.2) is 13.5 Å². The van der Waals surface area contributed by atoms with Crippen molar-refractivity contribution in [2.75, 3.05) is 6.54 Å². The smallest absolute Gasteiger partial charge is 0.254 e. The second-order valence-corrected chi connectivity index (χ2v) is 9.74. The lowest BCUT2D eigenvalue weighted by Gasteiger charge is -2.24. The third kappa shape index (κ3) is 5.56. The fourth-order valence-electron chi connectivity index (χ4n) is 4.37. The molecule has 4 aromatic rings. The summed E-state index contributed by atoms with van der Waals surface area (Å²) in [5.41, 5.74) is 2.50. The highest BCUT2D eigenvalue weighted by Gasteiger charge is 2.31. The van der Waals surface area contributed by atoms with Crippen LogP contribution in [0.4, 0.5) is 8.78 Å². The monoisotopic (exact) mass is 501 g/mol. The molecule has 0 saturated heterocycles. The van der Waals surface area contributed by atoms with E-state index >= 15 is 0 Å². The number of para-hydroxylation sites is 2. The molecule has 0 unspecified atom stereocenters. The molecule has 1 aliphatic rings. The highest BCUT2D eigenvalue weighted by atomic mass is 19.1. The van der Waals surface area contributed by atoms with Crippen LogP contribution in [0.1, 0.15) is 54.2 Å². The van der Waals surface area contributed by atoms with E-state index in [-0.39, 0.29) is 24.1 Å². The Morgan fingerprint density at radius 1 is 1.03 bits per heavy atom. The molecule has 0 bridgehead atoms. The van der Waals surface area contributed by atoms with Crippen LogP contribution in [0.5, 0.6) is 11.6 Å². The Morgan fingerprint density at radius 2 is 1.76 bits per heavy atom. The molecule has 1 amide bonds. The van der Waals surface area contributed by atoms with Crippen LogP contribution in [0.3, 0.4) is 0 Å². The second kappa shape index (κ2) is 10.5. The van der Waals surface area contributed by atoms with Crippen LogP contribution in [0.15, 0.2) is 78.9 Å². The normalized spacial score (nSPS) is 13.1. The third-order valence-corrected chi connectivity index (χ3v) is 6.44. The second-order valence-electron chi connectivity index (χ2n) is 9.74. The van der Waals surface area contributed by atoms with Gasteiger partial charge in [0.25, 0.3) is 5.91 Å². The molecule has 7 heteroatoms. The van der Waals surface area contributed by atoms with E-state index in [9.17, 15) is 13.6 Å². The van der Waals surface area contributed by atoms with Crippen LogP contribution in [0, 0.1) is 17.6 Å². The maximum Gasteiger partial charge on any atom is 0.254 e. The minimum Gasteiger partial charge on any atom is -0.435 e. The first-order valence-electron chi connectivity index (χ1n) is 12.5. The zero-order chi connectivity index (χ0) is 25.9. The Morgan fingerprint density at radius 3 is 2.43 bits per heavy atom. The molecule has 1 heterocycles. The molecule has 1 aromatic heterocycles. The predicted molar refractivity (Wildman–Crippen MR) is 138 cm³/mol. The van der Waals surface area contributed by atoms with Gasteiger partial charge in [-0.1, -0.05) is 50.2 Å². The van der Waals surface area contributed by atoms with Crippen LogP contribution in [-0.2, 0) is 6.54 Å². The number of aromatic nitrogens is 2. The molecule has 190 valence electrons. The van der Waals surface area contributed by atoms with E-state index in [1.54, 1.807) is 33.8 Å². The number of nitrogens with zero attached hydrogens (tertiary/aromatic N) is 3. The molecule has 0 radical (unpaired) electrons. The summed E-state index contributed by atoms with van der Waals surface area (Å²) >= 11 is 0. The lowest BCUT2D eigenvalue weighted by Crippen LogP contribution is -2.33. The van der Waals surface area contributed by atoms with Gasteiger partial charge in [-0.15, -0.1) is 0 Å². The Kier molecular flexibility index (Phi) is 7.04. The zero-order valence-electron chi connectivity index (χ0n) is 20.9. The third-order valence-electron chi connectivity index (χ3n) is 6.44. The molecule has 5 rings (SSSR count). The molecule has 1 fully saturated rings. The van der Waals surface area contributed by atoms with E-state index in [0.29, 0.717) is 29.5 Å². The molecule has 1 aliphatic carbocycles. The van der Waals surface area contributed by atoms with Gasteiger partial charge in [0.2, 0.25) is 5.88 Å². The van der Waals surface area contributed by atoms with Gasteiger partial charge >= 0.3 is 0 Å². The number of ether oxygens (including phenoxy) is 1. The Hall–Kier alpha value is -4.00. The molecular weight excluding hydrogens is 472 g/mol. The predicted octanol–water partition coefficient (Wildman–Crippen LogP) is 7.12. The van der Waals surface area contributed by atoms with Gasteiger partial charge in [-0.2, -0.15) is 5.10 Å².